The molecule has 1 aliphatic rings. The molecule has 0 fully saturated rings. The number of hydrogen-bond donors (Lipinski definition) is 3. The van der Waals surface area contributed by atoms with Gasteiger partial charge in [-0.25, -0.2) is 0 Å². The average molecular weight is 507 g/mol. The maximum atomic E-state index is 12.5. The molecule has 0 heterocycles. The van der Waals surface area contributed by atoms with Gasteiger partial charge in [0, 0.05) is 46.0 Å². The fourth-order valence-electron chi connectivity index (χ4n) is 0.987. The third kappa shape index (κ3) is 19.1. The first-order valence-electron chi connectivity index (χ1n) is 8.27. The van der Waals surface area contributed by atoms with E-state index in [0.717, 1.165) is 19.3 Å². The second kappa shape index (κ2) is 20.9. The quantitative estimate of drug-likeness (QED) is 0.395. The Morgan fingerprint density at radius 2 is 1.28 bits per heavy atom. The first-order chi connectivity index (χ1) is 11.1. The Kier molecular flexibility index (Phi) is 27.7. The van der Waals surface area contributed by atoms with Crippen LogP contribution < -0.4 is 0 Å². The van der Waals surface area contributed by atoms with Gasteiger partial charge in [-0.1, -0.05) is 20.8 Å². The van der Waals surface area contributed by atoms with E-state index < -0.39 is 18.3 Å². The van der Waals surface area contributed by atoms with Crippen molar-refractivity contribution in [1.29, 1.82) is 0 Å². The molecule has 1 aliphatic carbocycles. The molecule has 0 atom stereocenters. The largest absolute Gasteiger partial charge is 0 e. The molecule has 0 spiro atoms. The van der Waals surface area contributed by atoms with Gasteiger partial charge in [-0.05, 0) is 19.3 Å². The second-order valence-electron chi connectivity index (χ2n) is 5.49. The third-order valence-electron chi connectivity index (χ3n) is 2.75. The summed E-state index contributed by atoms with van der Waals surface area (Å²) in [6.45, 7) is 6.75. The summed E-state index contributed by atoms with van der Waals surface area (Å²) in [5, 5.41) is 19.6. The summed E-state index contributed by atoms with van der Waals surface area (Å²) in [4.78, 5) is 0. The van der Waals surface area contributed by atoms with Crippen LogP contribution in [-0.2, 0) is 26.2 Å². The van der Waals surface area contributed by atoms with Crippen molar-refractivity contribution >= 4 is 13.3 Å². The molecule has 25 heavy (non-hydrogen) atoms. The van der Waals surface area contributed by atoms with Crippen LogP contribution in [-0.4, -0.2) is 53.4 Å². The first kappa shape index (κ1) is 33.2. The van der Waals surface area contributed by atoms with E-state index >= 15 is 0 Å². The van der Waals surface area contributed by atoms with E-state index in [0.29, 0.717) is 30.6 Å². The van der Waals surface area contributed by atoms with Crippen molar-refractivity contribution in [3.63, 3.8) is 0 Å². The Bertz CT molecular complexity index is 318. The molecule has 1 rings (SSSR count). The Hall–Kier alpha value is 0.576. The van der Waals surface area contributed by atoms with Crippen molar-refractivity contribution in [2.75, 3.05) is 19.8 Å². The van der Waals surface area contributed by atoms with Crippen molar-refractivity contribution in [2.24, 2.45) is 0 Å². The number of allylic oxidation sites excluding steroid dienone is 4. The van der Waals surface area contributed by atoms with E-state index in [1.54, 1.807) is 12.2 Å². The number of halogens is 3. The smallest absolute Gasteiger partial charge is 0 e. The van der Waals surface area contributed by atoms with E-state index in [2.05, 4.69) is 6.08 Å². The van der Waals surface area contributed by atoms with Gasteiger partial charge >= 0.3 is 72.0 Å². The van der Waals surface area contributed by atoms with Crippen molar-refractivity contribution in [3.8, 4) is 0 Å². The average Bonchev–Trinajstić information content (AvgIpc) is 3.09. The Labute approximate surface area is 172 Å². The fraction of sp³-hybridized carbons (Fsp3) is 0.765. The zero-order chi connectivity index (χ0) is 19.6. The summed E-state index contributed by atoms with van der Waals surface area (Å²) in [5.41, 5.74) is 0. The van der Waals surface area contributed by atoms with Gasteiger partial charge in [0.25, 0.3) is 0 Å². The van der Waals surface area contributed by atoms with Gasteiger partial charge in [-0.15, -0.1) is 0 Å². The monoisotopic (exact) mass is 507 g/mol. The predicted octanol–water partition coefficient (Wildman–Crippen LogP) is 4.19. The topological polar surface area (TPSA) is 60.7 Å². The summed E-state index contributed by atoms with van der Waals surface area (Å²) < 4.78 is 37.9. The van der Waals surface area contributed by atoms with Crippen LogP contribution in [0.4, 0.5) is 13.2 Å². The van der Waals surface area contributed by atoms with Crippen molar-refractivity contribution in [3.05, 3.63) is 22.6 Å². The van der Waals surface area contributed by atoms with E-state index in [1.807, 2.05) is 20.8 Å². The van der Waals surface area contributed by atoms with Crippen molar-refractivity contribution in [2.45, 2.75) is 63.0 Å². The molecule has 3 N–H and O–H groups in total. The number of alkyl halides is 3. The zero-order valence-corrected chi connectivity index (χ0v) is 20.6. The van der Waals surface area contributed by atoms with Crippen molar-refractivity contribution in [1.82, 2.24) is 0 Å². The molecule has 0 aliphatic heterocycles. The normalized spacial score (nSPS) is 12.4. The summed E-state index contributed by atoms with van der Waals surface area (Å²) in [6, 6.07) is 0. The van der Waals surface area contributed by atoms with E-state index in [9.17, 15) is 13.2 Å². The molecule has 0 bridgehead atoms. The number of rotatable bonds is 4. The number of aliphatic hydroxyl groups excluding tert-OH is 3. The molecule has 0 aromatic carbocycles. The molecular weight excluding hydrogens is 473 g/mol. The SMILES string of the molecule is CCCO.CCCO.CCCO.[CH3][Ge]([CH3])([C]1=[C-]CC=C1)[C](F)(F)F.[Zr]. The van der Waals surface area contributed by atoms with Gasteiger partial charge in [0.2, 0.25) is 0 Å². The molecule has 0 saturated carbocycles. The molecule has 8 heteroatoms. The maximum absolute atomic E-state index is 12.5. The standard InChI is InChI=1S/C8H10F3Ge.3C3H8O.Zr/c1-12(2,8(9,10)11)7-5-3-4-6-7;3*1-2-3-4;/h3,5H,4H2,1-2H3;3*4H,2-3H2,1H3;/q-1;;;;. The summed E-state index contributed by atoms with van der Waals surface area (Å²) in [6.07, 6.45) is 9.25. The summed E-state index contributed by atoms with van der Waals surface area (Å²) in [7, 11) is 0. The minimum atomic E-state index is -4.00. The molecule has 0 aromatic rings. The second-order valence-corrected chi connectivity index (χ2v) is 14.6. The summed E-state index contributed by atoms with van der Waals surface area (Å²) >= 11 is -3.77. The predicted molar refractivity (Wildman–Crippen MR) is 96.2 cm³/mol. The Balaban J connectivity index is -0.000000142. The van der Waals surface area contributed by atoms with Gasteiger partial charge in [0.1, 0.15) is 0 Å². The van der Waals surface area contributed by atoms with E-state index in [1.165, 1.54) is 11.5 Å². The van der Waals surface area contributed by atoms with Crippen LogP contribution in [0.5, 0.6) is 0 Å². The minimum Gasteiger partial charge on any atom is 0 e. The van der Waals surface area contributed by atoms with Crippen LogP contribution >= 0.6 is 0 Å². The van der Waals surface area contributed by atoms with Crippen LogP contribution in [0.25, 0.3) is 0 Å². The molecule has 150 valence electrons. The van der Waals surface area contributed by atoms with Crippen LogP contribution in [0.1, 0.15) is 46.5 Å². The first-order valence-corrected chi connectivity index (χ1v) is 14.6. The van der Waals surface area contributed by atoms with Gasteiger partial charge in [-0.3, -0.25) is 0 Å². The minimum absolute atomic E-state index is 0. The van der Waals surface area contributed by atoms with Gasteiger partial charge in [0.05, 0.1) is 0 Å². The molecule has 0 aromatic heterocycles. The van der Waals surface area contributed by atoms with Crippen LogP contribution in [0.15, 0.2) is 16.6 Å². The Morgan fingerprint density at radius 1 is 0.960 bits per heavy atom. The number of aliphatic hydroxyl groups is 3. The molecule has 3 nitrogen and oxygen atoms in total. The number of hydrogen-bond acceptors (Lipinski definition) is 3. The maximum Gasteiger partial charge on any atom is 0 e. The molecular formula is C17H34F3GeO3Zr-. The van der Waals surface area contributed by atoms with E-state index in [4.69, 9.17) is 15.3 Å². The molecule has 0 amide bonds. The zero-order valence-electron chi connectivity index (χ0n) is 16.1. The summed E-state index contributed by atoms with van der Waals surface area (Å²) in [5.74, 6) is 2.72. The molecule has 0 radical (unpaired) electrons. The van der Waals surface area contributed by atoms with E-state index in [-0.39, 0.29) is 26.2 Å². The van der Waals surface area contributed by atoms with Crippen LogP contribution in [0.3, 0.4) is 0 Å². The van der Waals surface area contributed by atoms with Crippen LogP contribution in [0.2, 0.25) is 11.5 Å². The molecule has 0 saturated heterocycles. The van der Waals surface area contributed by atoms with Gasteiger partial charge in [0.15, 0.2) is 0 Å². The molecule has 0 unspecified atom stereocenters. The fourth-order valence-corrected chi connectivity index (χ4v) is 3.89. The van der Waals surface area contributed by atoms with Crippen LogP contribution in [0, 0.1) is 6.08 Å². The van der Waals surface area contributed by atoms with Gasteiger partial charge < -0.3 is 15.3 Å². The van der Waals surface area contributed by atoms with Gasteiger partial charge in [-0.2, -0.15) is 0 Å². The third-order valence-corrected chi connectivity index (χ3v) is 9.27. The Morgan fingerprint density at radius 3 is 1.44 bits per heavy atom. The van der Waals surface area contributed by atoms with Crippen molar-refractivity contribution < 1.29 is 54.7 Å².